The van der Waals surface area contributed by atoms with E-state index in [9.17, 15) is 9.59 Å². The van der Waals surface area contributed by atoms with Gasteiger partial charge in [0, 0.05) is 13.1 Å². The van der Waals surface area contributed by atoms with Crippen LogP contribution in [-0.2, 0) is 22.6 Å². The SMILES string of the molecule is CCC[C@@H](NCC(=O)N1CCc2ccccc2C1)C(=O)O. The van der Waals surface area contributed by atoms with Gasteiger partial charge in [0.15, 0.2) is 0 Å². The fraction of sp³-hybridized carbons (Fsp3) is 0.500. The molecule has 1 aromatic rings. The summed E-state index contributed by atoms with van der Waals surface area (Å²) in [7, 11) is 0. The van der Waals surface area contributed by atoms with Crippen LogP contribution >= 0.6 is 0 Å². The summed E-state index contributed by atoms with van der Waals surface area (Å²) in [6.07, 6.45) is 2.17. The van der Waals surface area contributed by atoms with E-state index in [-0.39, 0.29) is 12.5 Å². The first-order valence-electron chi connectivity index (χ1n) is 7.42. The third kappa shape index (κ3) is 4.04. The normalized spacial score (nSPS) is 15.4. The lowest BCUT2D eigenvalue weighted by Crippen LogP contribution is -2.45. The molecule has 0 aliphatic carbocycles. The molecule has 0 saturated carbocycles. The van der Waals surface area contributed by atoms with E-state index in [0.717, 1.165) is 12.8 Å². The molecule has 2 N–H and O–H groups in total. The van der Waals surface area contributed by atoms with Crippen molar-refractivity contribution >= 4 is 11.9 Å². The molecule has 5 heteroatoms. The molecule has 1 heterocycles. The predicted molar refractivity (Wildman–Crippen MR) is 79.9 cm³/mol. The first-order valence-corrected chi connectivity index (χ1v) is 7.42. The zero-order valence-corrected chi connectivity index (χ0v) is 12.3. The quantitative estimate of drug-likeness (QED) is 0.831. The van der Waals surface area contributed by atoms with Gasteiger partial charge in [-0.25, -0.2) is 0 Å². The molecule has 1 atom stereocenters. The van der Waals surface area contributed by atoms with Gasteiger partial charge in [0.05, 0.1) is 6.54 Å². The van der Waals surface area contributed by atoms with Crippen molar-refractivity contribution in [3.05, 3.63) is 35.4 Å². The Kier molecular flexibility index (Phi) is 5.33. The maximum Gasteiger partial charge on any atom is 0.320 e. The highest BCUT2D eigenvalue weighted by molar-refractivity contribution is 5.80. The van der Waals surface area contributed by atoms with Gasteiger partial charge in [0.1, 0.15) is 6.04 Å². The highest BCUT2D eigenvalue weighted by atomic mass is 16.4. The average Bonchev–Trinajstić information content (AvgIpc) is 2.50. The van der Waals surface area contributed by atoms with Gasteiger partial charge in [-0.1, -0.05) is 37.6 Å². The second kappa shape index (κ2) is 7.22. The van der Waals surface area contributed by atoms with Gasteiger partial charge in [-0.2, -0.15) is 0 Å². The molecule has 1 aliphatic heterocycles. The lowest BCUT2D eigenvalue weighted by Gasteiger charge is -2.29. The van der Waals surface area contributed by atoms with E-state index in [2.05, 4.69) is 11.4 Å². The number of amides is 1. The van der Waals surface area contributed by atoms with Crippen LogP contribution in [0.2, 0.25) is 0 Å². The molecule has 0 aromatic heterocycles. The monoisotopic (exact) mass is 290 g/mol. The zero-order chi connectivity index (χ0) is 15.2. The molecule has 114 valence electrons. The van der Waals surface area contributed by atoms with Gasteiger partial charge in [0.25, 0.3) is 0 Å². The van der Waals surface area contributed by atoms with Crippen molar-refractivity contribution in [1.29, 1.82) is 0 Å². The number of carboxylic acids is 1. The number of carboxylic acid groups (broad SMARTS) is 1. The molecule has 1 aromatic carbocycles. The number of nitrogens with zero attached hydrogens (tertiary/aromatic N) is 1. The summed E-state index contributed by atoms with van der Waals surface area (Å²) in [4.78, 5) is 25.1. The fourth-order valence-electron chi connectivity index (χ4n) is 2.63. The average molecular weight is 290 g/mol. The van der Waals surface area contributed by atoms with Gasteiger partial charge in [-0.3, -0.25) is 14.9 Å². The number of hydrogen-bond donors (Lipinski definition) is 2. The molecular formula is C16H22N2O3. The minimum Gasteiger partial charge on any atom is -0.480 e. The number of aliphatic carboxylic acids is 1. The van der Waals surface area contributed by atoms with Crippen LogP contribution in [0, 0.1) is 0 Å². The van der Waals surface area contributed by atoms with Crippen LogP contribution in [0.5, 0.6) is 0 Å². The van der Waals surface area contributed by atoms with Crippen molar-refractivity contribution in [3.63, 3.8) is 0 Å². The van der Waals surface area contributed by atoms with Crippen molar-refractivity contribution in [2.45, 2.75) is 38.8 Å². The lowest BCUT2D eigenvalue weighted by atomic mass is 10.00. The van der Waals surface area contributed by atoms with Crippen molar-refractivity contribution in [2.24, 2.45) is 0 Å². The van der Waals surface area contributed by atoms with Crippen LogP contribution in [0.25, 0.3) is 0 Å². The molecule has 0 spiro atoms. The third-order valence-corrected chi connectivity index (χ3v) is 3.86. The molecular weight excluding hydrogens is 268 g/mol. The van der Waals surface area contributed by atoms with Gasteiger partial charge in [0.2, 0.25) is 5.91 Å². The number of carbonyl (C=O) groups is 2. The van der Waals surface area contributed by atoms with Crippen molar-refractivity contribution in [1.82, 2.24) is 10.2 Å². The molecule has 0 radical (unpaired) electrons. The van der Waals surface area contributed by atoms with Crippen LogP contribution in [0.1, 0.15) is 30.9 Å². The second-order valence-electron chi connectivity index (χ2n) is 5.39. The summed E-state index contributed by atoms with van der Waals surface area (Å²) in [6.45, 7) is 3.32. The third-order valence-electron chi connectivity index (χ3n) is 3.86. The summed E-state index contributed by atoms with van der Waals surface area (Å²) in [5, 5.41) is 11.9. The number of fused-ring (bicyclic) bond motifs is 1. The smallest absolute Gasteiger partial charge is 0.320 e. The Bertz CT molecular complexity index is 516. The van der Waals surface area contributed by atoms with E-state index in [1.54, 1.807) is 4.90 Å². The summed E-state index contributed by atoms with van der Waals surface area (Å²) in [5.41, 5.74) is 2.48. The van der Waals surface area contributed by atoms with Gasteiger partial charge < -0.3 is 10.0 Å². The highest BCUT2D eigenvalue weighted by Gasteiger charge is 2.22. The number of rotatable bonds is 6. The van der Waals surface area contributed by atoms with Crippen LogP contribution in [0.4, 0.5) is 0 Å². The van der Waals surface area contributed by atoms with Crippen molar-refractivity contribution in [3.8, 4) is 0 Å². The summed E-state index contributed by atoms with van der Waals surface area (Å²) >= 11 is 0. The van der Waals surface area contributed by atoms with Gasteiger partial charge in [-0.05, 0) is 24.0 Å². The Morgan fingerprint density at radius 1 is 1.33 bits per heavy atom. The maximum atomic E-state index is 12.2. The first-order chi connectivity index (χ1) is 10.1. The van der Waals surface area contributed by atoms with Crippen LogP contribution < -0.4 is 5.32 Å². The summed E-state index contributed by atoms with van der Waals surface area (Å²) in [6, 6.07) is 7.49. The van der Waals surface area contributed by atoms with E-state index in [1.165, 1.54) is 11.1 Å². The number of benzene rings is 1. The molecule has 1 amide bonds. The van der Waals surface area contributed by atoms with E-state index < -0.39 is 12.0 Å². The lowest BCUT2D eigenvalue weighted by molar-refractivity contribution is -0.140. The Morgan fingerprint density at radius 2 is 2.05 bits per heavy atom. The topological polar surface area (TPSA) is 69.6 Å². The summed E-state index contributed by atoms with van der Waals surface area (Å²) < 4.78 is 0. The summed E-state index contributed by atoms with van der Waals surface area (Å²) in [5.74, 6) is -0.930. The zero-order valence-electron chi connectivity index (χ0n) is 12.3. The number of carbonyl (C=O) groups excluding carboxylic acids is 1. The van der Waals surface area contributed by atoms with Crippen molar-refractivity contribution < 1.29 is 14.7 Å². The predicted octanol–water partition coefficient (Wildman–Crippen LogP) is 1.41. The Morgan fingerprint density at radius 3 is 2.71 bits per heavy atom. The molecule has 2 rings (SSSR count). The van der Waals surface area contributed by atoms with E-state index in [0.29, 0.717) is 19.5 Å². The molecule has 5 nitrogen and oxygen atoms in total. The maximum absolute atomic E-state index is 12.2. The molecule has 0 fully saturated rings. The Hall–Kier alpha value is -1.88. The fourth-order valence-corrected chi connectivity index (χ4v) is 2.63. The molecule has 21 heavy (non-hydrogen) atoms. The minimum atomic E-state index is -0.895. The van der Waals surface area contributed by atoms with E-state index in [4.69, 9.17) is 5.11 Å². The molecule has 0 saturated heterocycles. The molecule has 0 bridgehead atoms. The number of hydrogen-bond acceptors (Lipinski definition) is 3. The molecule has 0 unspecified atom stereocenters. The Labute approximate surface area is 125 Å². The standard InChI is InChI=1S/C16H22N2O3/c1-2-5-14(16(20)21)17-10-15(19)18-9-8-12-6-3-4-7-13(12)11-18/h3-4,6-7,14,17H,2,5,8-11H2,1H3,(H,20,21)/t14-/m1/s1. The van der Waals surface area contributed by atoms with E-state index in [1.807, 2.05) is 25.1 Å². The largest absolute Gasteiger partial charge is 0.480 e. The first kappa shape index (κ1) is 15.5. The highest BCUT2D eigenvalue weighted by Crippen LogP contribution is 2.18. The Balaban J connectivity index is 1.89. The van der Waals surface area contributed by atoms with Crippen molar-refractivity contribution in [2.75, 3.05) is 13.1 Å². The van der Waals surface area contributed by atoms with Crippen LogP contribution in [-0.4, -0.2) is 41.0 Å². The van der Waals surface area contributed by atoms with Gasteiger partial charge >= 0.3 is 5.97 Å². The van der Waals surface area contributed by atoms with Crippen LogP contribution in [0.3, 0.4) is 0 Å². The second-order valence-corrected chi connectivity index (χ2v) is 5.39. The minimum absolute atomic E-state index is 0.0353. The molecule has 1 aliphatic rings. The van der Waals surface area contributed by atoms with Crippen LogP contribution in [0.15, 0.2) is 24.3 Å². The van der Waals surface area contributed by atoms with E-state index >= 15 is 0 Å². The number of nitrogens with one attached hydrogen (secondary N) is 1. The van der Waals surface area contributed by atoms with Gasteiger partial charge in [-0.15, -0.1) is 0 Å².